The Bertz CT molecular complexity index is 652. The lowest BCUT2D eigenvalue weighted by atomic mass is 9.85. The minimum Gasteiger partial charge on any atom is -0.301 e. The van der Waals surface area contributed by atoms with Crippen LogP contribution < -0.4 is 5.32 Å². The number of benzene rings is 1. The van der Waals surface area contributed by atoms with Crippen LogP contribution in [-0.2, 0) is 4.79 Å². The van der Waals surface area contributed by atoms with E-state index in [1.54, 1.807) is 5.38 Å². The molecule has 1 N–H and O–H groups in total. The van der Waals surface area contributed by atoms with Gasteiger partial charge in [-0.15, -0.1) is 11.3 Å². The molecule has 116 valence electrons. The van der Waals surface area contributed by atoms with Crippen molar-refractivity contribution in [3.63, 3.8) is 0 Å². The van der Waals surface area contributed by atoms with Gasteiger partial charge in [-0.3, -0.25) is 9.59 Å². The Morgan fingerprint density at radius 3 is 2.50 bits per heavy atom. The Hall–Kier alpha value is -2.01. The molecule has 2 atom stereocenters. The molecule has 1 amide bonds. The molecular weight excluding hydrogens is 296 g/mol. The van der Waals surface area contributed by atoms with E-state index >= 15 is 0 Å². The maximum absolute atomic E-state index is 12.7. The highest BCUT2D eigenvalue weighted by molar-refractivity contribution is 7.14. The summed E-state index contributed by atoms with van der Waals surface area (Å²) in [5.41, 5.74) is 1.39. The number of hydrogen-bond donors (Lipinski definition) is 1. The third-order valence-electron chi connectivity index (χ3n) is 3.75. The van der Waals surface area contributed by atoms with Crippen LogP contribution in [0.4, 0.5) is 5.13 Å². The third-order valence-corrected chi connectivity index (χ3v) is 4.51. The van der Waals surface area contributed by atoms with E-state index in [0.29, 0.717) is 10.8 Å². The number of thiazole rings is 1. The van der Waals surface area contributed by atoms with E-state index in [0.717, 1.165) is 12.0 Å². The van der Waals surface area contributed by atoms with Gasteiger partial charge >= 0.3 is 0 Å². The molecule has 22 heavy (non-hydrogen) atoms. The van der Waals surface area contributed by atoms with Crippen LogP contribution in [0.3, 0.4) is 0 Å². The highest BCUT2D eigenvalue weighted by Crippen LogP contribution is 2.29. The van der Waals surface area contributed by atoms with Gasteiger partial charge in [0, 0.05) is 12.3 Å². The third kappa shape index (κ3) is 3.80. The minimum atomic E-state index is -0.226. The second-order valence-corrected chi connectivity index (χ2v) is 6.22. The molecule has 2 rings (SSSR count). The zero-order valence-electron chi connectivity index (χ0n) is 13.0. The first-order valence-corrected chi connectivity index (χ1v) is 8.23. The number of nitrogens with one attached hydrogen (secondary N) is 1. The second kappa shape index (κ2) is 7.31. The molecule has 0 aliphatic carbocycles. The van der Waals surface area contributed by atoms with Crippen molar-refractivity contribution in [2.45, 2.75) is 33.1 Å². The molecule has 0 aliphatic heterocycles. The summed E-state index contributed by atoms with van der Waals surface area (Å²) in [6.45, 7) is 5.61. The van der Waals surface area contributed by atoms with Crippen molar-refractivity contribution in [2.75, 3.05) is 5.32 Å². The van der Waals surface area contributed by atoms with Crippen molar-refractivity contribution in [3.05, 3.63) is 47.0 Å². The van der Waals surface area contributed by atoms with Crippen LogP contribution in [0.25, 0.3) is 0 Å². The summed E-state index contributed by atoms with van der Waals surface area (Å²) in [5, 5.41) is 4.98. The van der Waals surface area contributed by atoms with Gasteiger partial charge in [-0.1, -0.05) is 50.6 Å². The van der Waals surface area contributed by atoms with Crippen LogP contribution in [0.5, 0.6) is 0 Å². The molecule has 1 aromatic heterocycles. The van der Waals surface area contributed by atoms with Gasteiger partial charge in [-0.05, 0) is 11.5 Å². The fourth-order valence-corrected chi connectivity index (χ4v) is 3.06. The summed E-state index contributed by atoms with van der Waals surface area (Å²) in [4.78, 5) is 28.1. The molecule has 0 radical (unpaired) electrons. The molecule has 0 saturated carbocycles. The van der Waals surface area contributed by atoms with Crippen molar-refractivity contribution >= 4 is 28.2 Å². The van der Waals surface area contributed by atoms with Gasteiger partial charge in [0.25, 0.3) is 0 Å². The largest absolute Gasteiger partial charge is 0.301 e. The highest BCUT2D eigenvalue weighted by Gasteiger charge is 2.26. The number of carbonyl (C=O) groups excluding carboxylic acids is 2. The molecule has 2 aromatic rings. The number of amides is 1. The Morgan fingerprint density at radius 1 is 1.27 bits per heavy atom. The van der Waals surface area contributed by atoms with Crippen LogP contribution in [-0.4, -0.2) is 16.7 Å². The molecule has 0 fully saturated rings. The first-order valence-electron chi connectivity index (χ1n) is 7.35. The first-order chi connectivity index (χ1) is 10.5. The zero-order chi connectivity index (χ0) is 16.1. The van der Waals surface area contributed by atoms with Gasteiger partial charge in [0.1, 0.15) is 5.69 Å². The number of aromatic nitrogens is 1. The molecule has 2 unspecified atom stereocenters. The van der Waals surface area contributed by atoms with Gasteiger partial charge in [0.05, 0.1) is 5.92 Å². The fraction of sp³-hybridized carbons (Fsp3) is 0.353. The van der Waals surface area contributed by atoms with E-state index in [1.807, 2.05) is 30.3 Å². The first kappa shape index (κ1) is 16.4. The predicted octanol–water partition coefficient (Wildman–Crippen LogP) is 4.11. The van der Waals surface area contributed by atoms with Gasteiger partial charge in [0.2, 0.25) is 5.91 Å². The van der Waals surface area contributed by atoms with Crippen molar-refractivity contribution in [1.29, 1.82) is 0 Å². The standard InChI is InChI=1S/C17H20N2O2S/c1-4-11(2)15(13-8-6-5-7-9-13)16(21)19-17-18-14(10-22-17)12(3)20/h5-11,15H,4H2,1-3H3,(H,18,19,21). The Kier molecular flexibility index (Phi) is 5.44. The summed E-state index contributed by atoms with van der Waals surface area (Å²) in [6.07, 6.45) is 0.906. The van der Waals surface area contributed by atoms with Crippen molar-refractivity contribution in [2.24, 2.45) is 5.92 Å². The summed E-state index contributed by atoms with van der Waals surface area (Å²) in [7, 11) is 0. The van der Waals surface area contributed by atoms with E-state index < -0.39 is 0 Å². The van der Waals surface area contributed by atoms with Crippen LogP contribution in [0.15, 0.2) is 35.7 Å². The lowest BCUT2D eigenvalue weighted by Gasteiger charge is -2.22. The monoisotopic (exact) mass is 316 g/mol. The summed E-state index contributed by atoms with van der Waals surface area (Å²) in [5.74, 6) is -0.186. The van der Waals surface area contributed by atoms with Crippen LogP contribution in [0.2, 0.25) is 0 Å². The van der Waals surface area contributed by atoms with Crippen molar-refractivity contribution < 1.29 is 9.59 Å². The van der Waals surface area contributed by atoms with Crippen molar-refractivity contribution in [3.8, 4) is 0 Å². The molecule has 0 bridgehead atoms. The number of nitrogens with zero attached hydrogens (tertiary/aromatic N) is 1. The molecule has 5 heteroatoms. The smallest absolute Gasteiger partial charge is 0.233 e. The van der Waals surface area contributed by atoms with E-state index in [4.69, 9.17) is 0 Å². The number of anilines is 1. The molecule has 0 aliphatic rings. The second-order valence-electron chi connectivity index (χ2n) is 5.36. The summed E-state index contributed by atoms with van der Waals surface area (Å²) >= 11 is 1.27. The number of rotatable bonds is 6. The highest BCUT2D eigenvalue weighted by atomic mass is 32.1. The van der Waals surface area contributed by atoms with E-state index in [1.165, 1.54) is 18.3 Å². The summed E-state index contributed by atoms with van der Waals surface area (Å²) in [6, 6.07) is 9.76. The lowest BCUT2D eigenvalue weighted by molar-refractivity contribution is -0.118. The van der Waals surface area contributed by atoms with E-state index in [-0.39, 0.29) is 23.5 Å². The topological polar surface area (TPSA) is 59.1 Å². The number of Topliss-reactive ketones (excluding diaryl/α,β-unsaturated/α-hetero) is 1. The van der Waals surface area contributed by atoms with Crippen LogP contribution in [0, 0.1) is 5.92 Å². The molecule has 4 nitrogen and oxygen atoms in total. The fourth-order valence-electron chi connectivity index (χ4n) is 2.31. The predicted molar refractivity (Wildman–Crippen MR) is 89.4 cm³/mol. The zero-order valence-corrected chi connectivity index (χ0v) is 13.8. The van der Waals surface area contributed by atoms with Gasteiger partial charge in [0.15, 0.2) is 10.9 Å². The molecule has 0 spiro atoms. The maximum atomic E-state index is 12.7. The average Bonchev–Trinajstić information content (AvgIpc) is 2.97. The molecule has 1 aromatic carbocycles. The SMILES string of the molecule is CCC(C)C(C(=O)Nc1nc(C(C)=O)cs1)c1ccccc1. The van der Waals surface area contributed by atoms with Gasteiger partial charge in [-0.2, -0.15) is 0 Å². The van der Waals surface area contributed by atoms with Crippen LogP contribution >= 0.6 is 11.3 Å². The van der Waals surface area contributed by atoms with E-state index in [9.17, 15) is 9.59 Å². The number of hydrogen-bond acceptors (Lipinski definition) is 4. The number of ketones is 1. The Morgan fingerprint density at radius 2 is 1.95 bits per heavy atom. The Balaban J connectivity index is 2.20. The van der Waals surface area contributed by atoms with Gasteiger partial charge < -0.3 is 5.32 Å². The minimum absolute atomic E-state index is 0.0787. The number of carbonyl (C=O) groups is 2. The quantitative estimate of drug-likeness (QED) is 0.816. The Labute approximate surface area is 134 Å². The molecule has 0 saturated heterocycles. The van der Waals surface area contributed by atoms with Gasteiger partial charge in [-0.25, -0.2) is 4.98 Å². The average molecular weight is 316 g/mol. The molecule has 1 heterocycles. The van der Waals surface area contributed by atoms with Crippen molar-refractivity contribution in [1.82, 2.24) is 4.98 Å². The van der Waals surface area contributed by atoms with Crippen LogP contribution in [0.1, 0.15) is 49.2 Å². The normalized spacial score (nSPS) is 13.4. The lowest BCUT2D eigenvalue weighted by Crippen LogP contribution is -2.26. The van der Waals surface area contributed by atoms with E-state index in [2.05, 4.69) is 24.1 Å². The summed E-state index contributed by atoms with van der Waals surface area (Å²) < 4.78 is 0. The maximum Gasteiger partial charge on any atom is 0.233 e. The molecular formula is C17H20N2O2S.